The van der Waals surface area contributed by atoms with Gasteiger partial charge < -0.3 is 0 Å². The van der Waals surface area contributed by atoms with E-state index in [0.29, 0.717) is 5.56 Å². The highest BCUT2D eigenvalue weighted by Crippen LogP contribution is 2.33. The van der Waals surface area contributed by atoms with E-state index in [1.165, 1.54) is 18.4 Å². The molecule has 1 aliphatic carbocycles. The molecule has 4 nitrogen and oxygen atoms in total. The topological polar surface area (TPSA) is 59.4 Å². The second-order valence-corrected chi connectivity index (χ2v) is 5.42. The Morgan fingerprint density at radius 3 is 2.86 bits per heavy atom. The number of aromatic nitrogens is 1. The zero-order valence-electron chi connectivity index (χ0n) is 11.9. The molecule has 1 aromatic heterocycles. The van der Waals surface area contributed by atoms with Crippen LogP contribution in [0.25, 0.3) is 16.5 Å². The lowest BCUT2D eigenvalue weighted by Crippen LogP contribution is -1.99. The lowest BCUT2D eigenvalue weighted by atomic mass is 9.89. The number of aryl methyl sites for hydroxylation is 1. The molecule has 3 rings (SSSR count). The van der Waals surface area contributed by atoms with E-state index >= 15 is 0 Å². The third-order valence-electron chi connectivity index (χ3n) is 4.00. The molecule has 1 aromatic carbocycles. The Morgan fingerprint density at radius 1 is 1.29 bits per heavy atom. The van der Waals surface area contributed by atoms with E-state index in [1.54, 1.807) is 18.2 Å². The highest BCUT2D eigenvalue weighted by atomic mass is 16.3. The minimum absolute atomic E-state index is 0.322. The number of hydrogen-bond donors (Lipinski definition) is 0. The first kappa shape index (κ1) is 13.6. The number of benzene rings is 1. The Kier molecular flexibility index (Phi) is 3.60. The molecular formula is C17H16N2O2. The van der Waals surface area contributed by atoms with Crippen molar-refractivity contribution in [3.05, 3.63) is 52.1 Å². The summed E-state index contributed by atoms with van der Waals surface area (Å²) < 4.78 is 0. The summed E-state index contributed by atoms with van der Waals surface area (Å²) >= 11 is 0. The summed E-state index contributed by atoms with van der Waals surface area (Å²) in [4.78, 5) is 26.4. The average Bonchev–Trinajstić information content (AvgIpc) is 2.54. The van der Waals surface area contributed by atoms with Gasteiger partial charge in [0.05, 0.1) is 5.52 Å². The van der Waals surface area contributed by atoms with E-state index in [-0.39, 0.29) is 0 Å². The summed E-state index contributed by atoms with van der Waals surface area (Å²) in [5.41, 5.74) is 4.72. The summed E-state index contributed by atoms with van der Waals surface area (Å²) in [6.45, 7) is 2.03. The lowest BCUT2D eigenvalue weighted by Gasteiger charge is -2.17. The third kappa shape index (κ3) is 2.49. The van der Waals surface area contributed by atoms with Crippen LogP contribution >= 0.6 is 0 Å². The zero-order chi connectivity index (χ0) is 14.8. The number of nitrogens with zero attached hydrogens (tertiary/aromatic N) is 2. The first-order valence-electron chi connectivity index (χ1n) is 7.17. The van der Waals surface area contributed by atoms with Gasteiger partial charge in [-0.3, -0.25) is 9.78 Å². The average molecular weight is 280 g/mol. The van der Waals surface area contributed by atoms with Crippen LogP contribution in [0.4, 0.5) is 0 Å². The Morgan fingerprint density at radius 2 is 2.14 bits per heavy atom. The normalized spacial score (nSPS) is 14.8. The zero-order valence-corrected chi connectivity index (χ0v) is 11.9. The van der Waals surface area contributed by atoms with Gasteiger partial charge in [-0.25, -0.2) is 0 Å². The summed E-state index contributed by atoms with van der Waals surface area (Å²) in [6.07, 6.45) is 8.69. The number of pyridine rings is 1. The van der Waals surface area contributed by atoms with Gasteiger partial charge in [0.1, 0.15) is 0 Å². The molecule has 0 bridgehead atoms. The van der Waals surface area contributed by atoms with Crippen molar-refractivity contribution in [3.8, 4) is 0 Å². The first-order chi connectivity index (χ1) is 10.2. The number of carbonyl (C=O) groups excluding carboxylic acids is 1. The van der Waals surface area contributed by atoms with Crippen LogP contribution in [0.15, 0.2) is 35.6 Å². The Balaban J connectivity index is 2.25. The van der Waals surface area contributed by atoms with Crippen LogP contribution in [0.2, 0.25) is 0 Å². The minimum atomic E-state index is -0.734. The molecule has 0 spiro atoms. The molecule has 0 saturated carbocycles. The maximum atomic E-state index is 11.5. The van der Waals surface area contributed by atoms with Gasteiger partial charge in [-0.05, 0) is 67.5 Å². The molecule has 0 atom stereocenters. The maximum absolute atomic E-state index is 11.5. The molecule has 106 valence electrons. The van der Waals surface area contributed by atoms with E-state index < -0.39 is 5.91 Å². The van der Waals surface area contributed by atoms with Crippen molar-refractivity contribution < 1.29 is 4.79 Å². The van der Waals surface area contributed by atoms with Crippen LogP contribution in [0, 0.1) is 11.8 Å². The van der Waals surface area contributed by atoms with Crippen molar-refractivity contribution in [1.29, 1.82) is 0 Å². The van der Waals surface area contributed by atoms with Crippen molar-refractivity contribution >= 4 is 22.4 Å². The predicted octanol–water partition coefficient (Wildman–Crippen LogP) is 4.41. The molecular weight excluding hydrogens is 264 g/mol. The Hall–Kier alpha value is -2.36. The molecule has 0 fully saturated rings. The summed E-state index contributed by atoms with van der Waals surface area (Å²) in [5.74, 6) is -0.734. The van der Waals surface area contributed by atoms with Gasteiger partial charge in [0, 0.05) is 22.3 Å². The number of carbonyl (C=O) groups is 1. The molecule has 0 radical (unpaired) electrons. The van der Waals surface area contributed by atoms with Crippen LogP contribution < -0.4 is 0 Å². The second kappa shape index (κ2) is 5.56. The molecule has 4 heteroatoms. The Labute approximate surface area is 122 Å². The van der Waals surface area contributed by atoms with E-state index in [2.05, 4.69) is 16.2 Å². The van der Waals surface area contributed by atoms with E-state index in [4.69, 9.17) is 0 Å². The summed E-state index contributed by atoms with van der Waals surface area (Å²) in [5, 5.41) is 3.43. The van der Waals surface area contributed by atoms with Crippen molar-refractivity contribution in [2.24, 2.45) is 5.18 Å². The highest BCUT2D eigenvalue weighted by molar-refractivity contribution is 6.01. The maximum Gasteiger partial charge on any atom is 0.316 e. The van der Waals surface area contributed by atoms with Gasteiger partial charge in [-0.2, -0.15) is 0 Å². The van der Waals surface area contributed by atoms with Crippen LogP contribution in [-0.4, -0.2) is 10.9 Å². The van der Waals surface area contributed by atoms with Crippen LogP contribution in [0.5, 0.6) is 0 Å². The summed E-state index contributed by atoms with van der Waals surface area (Å²) in [7, 11) is 0. The SMILES string of the molecule is Cc1cnc2ccc(C(=O)N=O)cc2c1C1=CCCCC1. The Bertz CT molecular complexity index is 763. The molecule has 0 unspecified atom stereocenters. The number of hydrogen-bond acceptors (Lipinski definition) is 3. The van der Waals surface area contributed by atoms with E-state index in [0.717, 1.165) is 34.9 Å². The van der Waals surface area contributed by atoms with Crippen molar-refractivity contribution in [1.82, 2.24) is 4.98 Å². The van der Waals surface area contributed by atoms with E-state index in [9.17, 15) is 9.70 Å². The quantitative estimate of drug-likeness (QED) is 0.766. The second-order valence-electron chi connectivity index (χ2n) is 5.42. The van der Waals surface area contributed by atoms with Crippen molar-refractivity contribution in [3.63, 3.8) is 0 Å². The number of rotatable bonds is 2. The number of allylic oxidation sites excluding steroid dienone is 2. The van der Waals surface area contributed by atoms with E-state index in [1.807, 2.05) is 13.1 Å². The smallest absolute Gasteiger partial charge is 0.263 e. The molecule has 1 aliphatic rings. The van der Waals surface area contributed by atoms with Crippen molar-refractivity contribution in [2.75, 3.05) is 0 Å². The van der Waals surface area contributed by atoms with Gasteiger partial charge in [-0.15, -0.1) is 4.91 Å². The monoisotopic (exact) mass is 280 g/mol. The molecule has 0 N–H and O–H groups in total. The number of amides is 1. The fourth-order valence-electron chi connectivity index (χ4n) is 2.97. The third-order valence-corrected chi connectivity index (χ3v) is 4.00. The fourth-order valence-corrected chi connectivity index (χ4v) is 2.97. The van der Waals surface area contributed by atoms with Gasteiger partial charge in [0.15, 0.2) is 0 Å². The number of fused-ring (bicyclic) bond motifs is 1. The molecule has 1 heterocycles. The minimum Gasteiger partial charge on any atom is -0.263 e. The largest absolute Gasteiger partial charge is 0.316 e. The fraction of sp³-hybridized carbons (Fsp3) is 0.294. The molecule has 2 aromatic rings. The molecule has 1 amide bonds. The lowest BCUT2D eigenvalue weighted by molar-refractivity contribution is 0.100. The molecule has 21 heavy (non-hydrogen) atoms. The van der Waals surface area contributed by atoms with Crippen LogP contribution in [0.1, 0.15) is 47.2 Å². The van der Waals surface area contributed by atoms with Crippen molar-refractivity contribution in [2.45, 2.75) is 32.6 Å². The van der Waals surface area contributed by atoms with Gasteiger partial charge in [-0.1, -0.05) is 6.08 Å². The first-order valence-corrected chi connectivity index (χ1v) is 7.17. The number of nitroso groups, excluding NO2 is 1. The summed E-state index contributed by atoms with van der Waals surface area (Å²) in [6, 6.07) is 5.12. The highest BCUT2D eigenvalue weighted by Gasteiger charge is 2.15. The van der Waals surface area contributed by atoms with Gasteiger partial charge in [0.2, 0.25) is 0 Å². The van der Waals surface area contributed by atoms with Crippen LogP contribution in [0.3, 0.4) is 0 Å². The van der Waals surface area contributed by atoms with Gasteiger partial charge in [0.25, 0.3) is 0 Å². The van der Waals surface area contributed by atoms with Gasteiger partial charge >= 0.3 is 5.91 Å². The predicted molar refractivity (Wildman–Crippen MR) is 83.1 cm³/mol. The van der Waals surface area contributed by atoms with Crippen LogP contribution in [-0.2, 0) is 0 Å². The standard InChI is InChI=1S/C17H16N2O2/c1-11-10-18-15-8-7-13(17(20)19-21)9-14(15)16(11)12-5-3-2-4-6-12/h5,7-10H,2-4,6H2,1H3. The molecule has 0 aliphatic heterocycles. The molecule has 0 saturated heterocycles.